The summed E-state index contributed by atoms with van der Waals surface area (Å²) < 4.78 is 28.6. The molecular weight excluding hydrogens is 697 g/mol. The number of nitrogens with zero attached hydrogens (tertiary/aromatic N) is 2. The maximum absolute atomic E-state index is 13.8. The van der Waals surface area contributed by atoms with Crippen molar-refractivity contribution in [2.45, 2.75) is 38.0 Å². The molecule has 13 heteroatoms. The van der Waals surface area contributed by atoms with Gasteiger partial charge in [0.2, 0.25) is 0 Å². The number of anilines is 1. The molecule has 0 radical (unpaired) electrons. The van der Waals surface area contributed by atoms with E-state index in [1.54, 1.807) is 61.8 Å². The molecule has 4 aliphatic heterocycles. The van der Waals surface area contributed by atoms with Crippen LogP contribution in [0.1, 0.15) is 46.9 Å². The summed E-state index contributed by atoms with van der Waals surface area (Å²) in [6.07, 6.45) is 2.50. The molecule has 3 N–H and O–H groups in total. The predicted octanol–water partition coefficient (Wildman–Crippen LogP) is 6.09. The highest BCUT2D eigenvalue weighted by Gasteiger charge is 2.38. The number of hydrogen-bond donors (Lipinski definition) is 2. The van der Waals surface area contributed by atoms with E-state index in [-0.39, 0.29) is 30.6 Å². The van der Waals surface area contributed by atoms with Crippen LogP contribution in [0.2, 0.25) is 0 Å². The zero-order chi connectivity index (χ0) is 36.1. The lowest BCUT2D eigenvalue weighted by molar-refractivity contribution is -0.580. The van der Waals surface area contributed by atoms with Crippen LogP contribution in [-0.2, 0) is 16.0 Å². The van der Waals surface area contributed by atoms with E-state index in [2.05, 4.69) is 4.90 Å². The van der Waals surface area contributed by atoms with Crippen molar-refractivity contribution >= 4 is 41.0 Å². The maximum atomic E-state index is 13.8. The highest BCUT2D eigenvalue weighted by atomic mass is 35.5. The summed E-state index contributed by atoms with van der Waals surface area (Å²) >= 11 is 13.1. The molecule has 7 rings (SSSR count). The van der Waals surface area contributed by atoms with Crippen LogP contribution in [0.15, 0.2) is 82.5 Å². The molecule has 3 saturated heterocycles. The second kappa shape index (κ2) is 16.3. The van der Waals surface area contributed by atoms with Crippen molar-refractivity contribution in [1.82, 2.24) is 4.90 Å². The molecule has 0 aliphatic carbocycles. The van der Waals surface area contributed by atoms with Gasteiger partial charge in [0, 0.05) is 18.5 Å². The minimum Gasteiger partial charge on any atom is -0.504 e. The van der Waals surface area contributed by atoms with Gasteiger partial charge in [-0.2, -0.15) is 0 Å². The molecule has 2 atom stereocenters. The van der Waals surface area contributed by atoms with Crippen molar-refractivity contribution in [1.29, 1.82) is 0 Å². The van der Waals surface area contributed by atoms with Gasteiger partial charge in [-0.1, -0.05) is 47.5 Å². The molecule has 3 fully saturated rings. The first-order valence-electron chi connectivity index (χ1n) is 16.8. The minimum absolute atomic E-state index is 0.0951. The van der Waals surface area contributed by atoms with E-state index in [1.165, 1.54) is 25.2 Å². The van der Waals surface area contributed by atoms with Crippen LogP contribution in [0.5, 0.6) is 23.0 Å². The third-order valence-electron chi connectivity index (χ3n) is 9.66. The molecule has 0 aromatic heterocycles. The Morgan fingerprint density at radius 3 is 2.37 bits per heavy atom. The number of benzene rings is 3. The average Bonchev–Trinajstić information content (AvgIpc) is 3.15. The summed E-state index contributed by atoms with van der Waals surface area (Å²) in [6, 6.07) is 17.0. The van der Waals surface area contributed by atoms with Crippen molar-refractivity contribution in [2.75, 3.05) is 52.4 Å². The first kappa shape index (κ1) is 36.4. The summed E-state index contributed by atoms with van der Waals surface area (Å²) in [5, 5.41) is 13.5. The molecule has 0 unspecified atom stereocenters. The molecule has 2 bridgehead atoms. The van der Waals surface area contributed by atoms with Gasteiger partial charge in [-0.05, 0) is 79.4 Å². The van der Waals surface area contributed by atoms with Gasteiger partial charge in [0.15, 0.2) is 23.0 Å². The number of aromatic hydroxyl groups is 1. The van der Waals surface area contributed by atoms with Crippen molar-refractivity contribution in [3.8, 4) is 23.0 Å². The van der Waals surface area contributed by atoms with E-state index >= 15 is 0 Å². The van der Waals surface area contributed by atoms with Gasteiger partial charge in [0.1, 0.15) is 25.0 Å². The van der Waals surface area contributed by atoms with Gasteiger partial charge in [-0.3, -0.25) is 9.80 Å². The lowest BCUT2D eigenvalue weighted by Gasteiger charge is -2.44. The number of phenolic OH excluding ortho intramolecular Hbond substituents is 1. The second-order valence-electron chi connectivity index (χ2n) is 12.7. The Morgan fingerprint density at radius 2 is 1.73 bits per heavy atom. The number of halogens is 2. The van der Waals surface area contributed by atoms with Crippen molar-refractivity contribution in [3.05, 3.63) is 99.2 Å². The Hall–Kier alpha value is -4.42. The van der Waals surface area contributed by atoms with Crippen LogP contribution >= 0.6 is 23.2 Å². The summed E-state index contributed by atoms with van der Waals surface area (Å²) in [4.78, 5) is 31.3. The normalized spacial score (nSPS) is 20.3. The highest BCUT2D eigenvalue weighted by Crippen LogP contribution is 2.40. The number of carbonyl (C=O) groups excluding carboxylic acids is 2. The van der Waals surface area contributed by atoms with Gasteiger partial charge in [0.05, 0.1) is 49.2 Å². The van der Waals surface area contributed by atoms with E-state index in [0.29, 0.717) is 68.5 Å². The number of piperidine rings is 3. The molecule has 1 amide bonds. The first-order valence-corrected chi connectivity index (χ1v) is 17.6. The number of para-hydroxylation sites is 1. The highest BCUT2D eigenvalue weighted by molar-refractivity contribution is 6.35. The fourth-order valence-corrected chi connectivity index (χ4v) is 7.44. The molecule has 270 valence electrons. The average molecular weight is 740 g/mol. The Bertz CT molecular complexity index is 1810. The largest absolute Gasteiger partial charge is 0.504 e. The molecular formula is C38H42Cl2N3O8+. The number of fused-ring (bicyclic) bond motifs is 3. The Labute approximate surface area is 307 Å². The number of esters is 1. The summed E-state index contributed by atoms with van der Waals surface area (Å²) in [5.74, 6) is 0.835. The fourth-order valence-electron chi connectivity index (χ4n) is 6.84. The maximum Gasteiger partial charge on any atom is 0.415 e. The number of allylic oxidation sites excluding steroid dienone is 1. The molecule has 0 spiro atoms. The molecule has 3 aromatic carbocycles. The van der Waals surface area contributed by atoms with Gasteiger partial charge in [0.25, 0.3) is 0 Å². The third-order valence-corrected chi connectivity index (χ3v) is 10.4. The van der Waals surface area contributed by atoms with Crippen LogP contribution in [-0.4, -0.2) is 75.7 Å². The molecule has 4 aliphatic rings. The Kier molecular flexibility index (Phi) is 11.6. The van der Waals surface area contributed by atoms with E-state index in [4.69, 9.17) is 46.9 Å². The van der Waals surface area contributed by atoms with Gasteiger partial charge in [-0.25, -0.2) is 9.59 Å². The van der Waals surface area contributed by atoms with Crippen LogP contribution in [0.4, 0.5) is 10.5 Å². The number of carbonyl (C=O) groups is 2. The van der Waals surface area contributed by atoms with Crippen LogP contribution in [0.3, 0.4) is 0 Å². The number of amides is 1. The van der Waals surface area contributed by atoms with Crippen molar-refractivity contribution in [3.63, 3.8) is 0 Å². The van der Waals surface area contributed by atoms with Crippen LogP contribution < -0.4 is 24.4 Å². The molecule has 0 saturated carbocycles. The van der Waals surface area contributed by atoms with E-state index in [0.717, 1.165) is 25.9 Å². The third kappa shape index (κ3) is 8.23. The monoisotopic (exact) mass is 738 g/mol. The Balaban J connectivity index is 1.23. The molecule has 11 nitrogen and oxygen atoms in total. The second-order valence-corrected chi connectivity index (χ2v) is 13.6. The van der Waals surface area contributed by atoms with Crippen LogP contribution in [0, 0.1) is 5.92 Å². The number of quaternary nitrogens is 1. The number of nitrogens with two attached hydrogens (primary N) is 1. The van der Waals surface area contributed by atoms with Crippen molar-refractivity contribution in [2.24, 2.45) is 5.92 Å². The summed E-state index contributed by atoms with van der Waals surface area (Å²) in [6.45, 7) is 3.36. The number of phenols is 1. The first-order chi connectivity index (χ1) is 24.7. The lowest BCUT2D eigenvalue weighted by Crippen LogP contribution is -2.79. The molecule has 3 aromatic rings. The Morgan fingerprint density at radius 1 is 0.980 bits per heavy atom. The molecule has 51 heavy (non-hydrogen) atoms. The fraction of sp³-hybridized carbons (Fsp3) is 0.368. The van der Waals surface area contributed by atoms with Gasteiger partial charge < -0.3 is 34.1 Å². The van der Waals surface area contributed by atoms with E-state index < -0.39 is 18.2 Å². The smallest absolute Gasteiger partial charge is 0.415 e. The topological polar surface area (TPSA) is 124 Å². The standard InChI is InChI=1S/C38H41Cl2N3O8/c1-47-32-12-11-26(17-34(32)48-2)33(18-27-28(39)19-41-20-29(27)40)50-37(45)25-9-7-23(8-10-25)21-43(30-5-4-6-31(44)36(30)49-3)38(46)51-35-22-42-15-13-24(35)14-16-42/h4-12,17,19,24,33,35,41,44H,13-16,18,20-22H2,1-3H3/p+1/t33-,35-/m0/s1. The number of ether oxygens (including phenoxy) is 5. The van der Waals surface area contributed by atoms with E-state index in [9.17, 15) is 14.7 Å². The van der Waals surface area contributed by atoms with Gasteiger partial charge >= 0.3 is 12.1 Å². The van der Waals surface area contributed by atoms with Crippen LogP contribution in [0.25, 0.3) is 0 Å². The zero-order valence-corrected chi connectivity index (χ0v) is 30.3. The number of methoxy groups -OCH3 is 3. The SMILES string of the molecule is COc1ccc([C@H](CC2=C(Cl)C[NH2+]C=C2Cl)OC(=O)c2ccc(CN(C(=O)O[C@H]3CN4CCC3CC4)c3cccc(O)c3OC)cc2)cc1OC. The molecule has 4 heterocycles. The summed E-state index contributed by atoms with van der Waals surface area (Å²) in [7, 11) is 4.52. The van der Waals surface area contributed by atoms with Crippen molar-refractivity contribution < 1.29 is 43.7 Å². The zero-order valence-electron chi connectivity index (χ0n) is 28.8. The van der Waals surface area contributed by atoms with Gasteiger partial charge in [-0.15, -0.1) is 0 Å². The quantitative estimate of drug-likeness (QED) is 0.213. The number of hydrogen-bond acceptors (Lipinski definition) is 9. The lowest BCUT2D eigenvalue weighted by atomic mass is 9.86. The number of rotatable bonds is 12. The minimum atomic E-state index is -0.754. The van der Waals surface area contributed by atoms with E-state index in [1.807, 2.05) is 11.4 Å². The predicted molar refractivity (Wildman–Crippen MR) is 193 cm³/mol. The summed E-state index contributed by atoms with van der Waals surface area (Å²) in [5.41, 5.74) is 2.75.